The van der Waals surface area contributed by atoms with E-state index in [0.717, 1.165) is 16.9 Å². The third-order valence-electron chi connectivity index (χ3n) is 2.86. The Bertz CT molecular complexity index is 676. The van der Waals surface area contributed by atoms with Crippen LogP contribution in [0.2, 0.25) is 5.02 Å². The summed E-state index contributed by atoms with van der Waals surface area (Å²) in [6.07, 6.45) is 1.66. The Morgan fingerprint density at radius 1 is 1.23 bits per heavy atom. The zero-order valence-corrected chi connectivity index (χ0v) is 13.6. The first-order valence-electron chi connectivity index (χ1n) is 6.66. The molecule has 0 aliphatic carbocycles. The van der Waals surface area contributed by atoms with Crippen LogP contribution in [-0.4, -0.2) is 18.4 Å². The summed E-state index contributed by atoms with van der Waals surface area (Å²) in [5.74, 6) is 0.725. The summed E-state index contributed by atoms with van der Waals surface area (Å²) in [6, 6.07) is 15.2. The predicted molar refractivity (Wildman–Crippen MR) is 94.6 cm³/mol. The second-order valence-electron chi connectivity index (χ2n) is 4.37. The highest BCUT2D eigenvalue weighted by Crippen LogP contribution is 2.20. The molecule has 0 aliphatic rings. The van der Waals surface area contributed by atoms with Gasteiger partial charge in [0.25, 0.3) is 0 Å². The Kier molecular flexibility index (Phi) is 6.18. The molecule has 2 aromatic carbocycles. The molecule has 0 fully saturated rings. The molecule has 0 spiro atoms. The molecule has 0 aliphatic heterocycles. The molecule has 2 rings (SSSR count). The van der Waals surface area contributed by atoms with E-state index in [-0.39, 0.29) is 0 Å². The van der Waals surface area contributed by atoms with Gasteiger partial charge in [-0.2, -0.15) is 5.10 Å². The molecule has 0 aromatic heterocycles. The minimum Gasteiger partial charge on any atom is -0.488 e. The van der Waals surface area contributed by atoms with Crippen LogP contribution in [0.25, 0.3) is 0 Å². The zero-order chi connectivity index (χ0) is 15.8. The van der Waals surface area contributed by atoms with Gasteiger partial charge in [0, 0.05) is 23.2 Å². The quantitative estimate of drug-likeness (QED) is 0.500. The second kappa shape index (κ2) is 8.36. The lowest BCUT2D eigenvalue weighted by Crippen LogP contribution is -2.28. The zero-order valence-electron chi connectivity index (χ0n) is 12.0. The monoisotopic (exact) mass is 333 g/mol. The van der Waals surface area contributed by atoms with Crippen LogP contribution < -0.4 is 15.5 Å². The molecule has 22 heavy (non-hydrogen) atoms. The van der Waals surface area contributed by atoms with E-state index < -0.39 is 0 Å². The maximum absolute atomic E-state index is 6.13. The molecule has 2 aromatic rings. The number of benzene rings is 2. The SMILES string of the molecule is CNC(=S)NN=Cc1ccccc1OCc1ccccc1Cl. The van der Waals surface area contributed by atoms with Crippen LogP contribution in [0.1, 0.15) is 11.1 Å². The lowest BCUT2D eigenvalue weighted by Gasteiger charge is -2.10. The van der Waals surface area contributed by atoms with Gasteiger partial charge in [0.05, 0.1) is 6.21 Å². The number of hydrazone groups is 1. The van der Waals surface area contributed by atoms with Crippen molar-refractivity contribution in [2.75, 3.05) is 7.05 Å². The van der Waals surface area contributed by atoms with Crippen LogP contribution >= 0.6 is 23.8 Å². The maximum atomic E-state index is 6.13. The lowest BCUT2D eigenvalue weighted by atomic mass is 10.2. The topological polar surface area (TPSA) is 45.7 Å². The molecule has 0 saturated carbocycles. The van der Waals surface area contributed by atoms with Crippen molar-refractivity contribution in [1.82, 2.24) is 10.7 Å². The van der Waals surface area contributed by atoms with Gasteiger partial charge in [-0.3, -0.25) is 5.43 Å². The molecule has 0 bridgehead atoms. The molecule has 0 heterocycles. The smallest absolute Gasteiger partial charge is 0.186 e. The van der Waals surface area contributed by atoms with E-state index in [0.29, 0.717) is 16.7 Å². The van der Waals surface area contributed by atoms with Gasteiger partial charge in [-0.1, -0.05) is 41.9 Å². The van der Waals surface area contributed by atoms with Gasteiger partial charge in [0.2, 0.25) is 0 Å². The summed E-state index contributed by atoms with van der Waals surface area (Å²) < 4.78 is 5.84. The third kappa shape index (κ3) is 4.72. The third-order valence-corrected chi connectivity index (χ3v) is 3.52. The molecule has 6 heteroatoms. The second-order valence-corrected chi connectivity index (χ2v) is 5.18. The van der Waals surface area contributed by atoms with Gasteiger partial charge < -0.3 is 10.1 Å². The Balaban J connectivity index is 2.05. The molecule has 0 saturated heterocycles. The minimum atomic E-state index is 0.396. The number of halogens is 1. The average molecular weight is 334 g/mol. The summed E-state index contributed by atoms with van der Waals surface area (Å²) in [4.78, 5) is 0. The first kappa shape index (κ1) is 16.3. The van der Waals surface area contributed by atoms with Crippen LogP contribution in [0.3, 0.4) is 0 Å². The van der Waals surface area contributed by atoms with Crippen molar-refractivity contribution in [1.29, 1.82) is 0 Å². The number of thiocarbonyl (C=S) groups is 1. The van der Waals surface area contributed by atoms with Gasteiger partial charge in [0.15, 0.2) is 5.11 Å². The van der Waals surface area contributed by atoms with Crippen LogP contribution in [-0.2, 0) is 6.61 Å². The van der Waals surface area contributed by atoms with E-state index >= 15 is 0 Å². The summed E-state index contributed by atoms with van der Waals surface area (Å²) in [6.45, 7) is 0.396. The molecule has 4 nitrogen and oxygen atoms in total. The van der Waals surface area contributed by atoms with E-state index in [1.54, 1.807) is 13.3 Å². The van der Waals surface area contributed by atoms with E-state index in [4.69, 9.17) is 28.6 Å². The average Bonchev–Trinajstić information content (AvgIpc) is 2.55. The molecule has 0 unspecified atom stereocenters. The van der Waals surface area contributed by atoms with Crippen molar-refractivity contribution in [2.45, 2.75) is 6.61 Å². The fourth-order valence-electron chi connectivity index (χ4n) is 1.71. The van der Waals surface area contributed by atoms with Crippen LogP contribution in [0, 0.1) is 0 Å². The van der Waals surface area contributed by atoms with Gasteiger partial charge in [-0.25, -0.2) is 0 Å². The number of rotatable bonds is 5. The molecule has 0 radical (unpaired) electrons. The van der Waals surface area contributed by atoms with E-state index in [9.17, 15) is 0 Å². The number of hydrogen-bond acceptors (Lipinski definition) is 3. The van der Waals surface area contributed by atoms with Gasteiger partial charge >= 0.3 is 0 Å². The highest BCUT2D eigenvalue weighted by molar-refractivity contribution is 7.80. The van der Waals surface area contributed by atoms with Crippen LogP contribution in [0.4, 0.5) is 0 Å². The van der Waals surface area contributed by atoms with Crippen LogP contribution in [0.15, 0.2) is 53.6 Å². The van der Waals surface area contributed by atoms with E-state index in [1.807, 2.05) is 48.5 Å². The first-order valence-corrected chi connectivity index (χ1v) is 7.45. The Morgan fingerprint density at radius 2 is 1.95 bits per heavy atom. The predicted octanol–water partition coefficient (Wildman–Crippen LogP) is 3.35. The van der Waals surface area contributed by atoms with E-state index in [1.165, 1.54) is 0 Å². The maximum Gasteiger partial charge on any atom is 0.186 e. The molecule has 2 N–H and O–H groups in total. The summed E-state index contributed by atoms with van der Waals surface area (Å²) in [5, 5.41) is 7.98. The minimum absolute atomic E-state index is 0.396. The first-order chi connectivity index (χ1) is 10.7. The summed E-state index contributed by atoms with van der Waals surface area (Å²) >= 11 is 11.1. The van der Waals surface area contributed by atoms with Gasteiger partial charge in [-0.15, -0.1) is 0 Å². The number of ether oxygens (including phenoxy) is 1. The van der Waals surface area contributed by atoms with Gasteiger partial charge in [0.1, 0.15) is 12.4 Å². The largest absolute Gasteiger partial charge is 0.488 e. The van der Waals surface area contributed by atoms with Crippen molar-refractivity contribution in [3.05, 3.63) is 64.7 Å². The highest BCUT2D eigenvalue weighted by Gasteiger charge is 2.03. The Hall–Kier alpha value is -2.11. The van der Waals surface area contributed by atoms with Crippen LogP contribution in [0.5, 0.6) is 5.75 Å². The normalized spacial score (nSPS) is 10.5. The Labute approximate surface area is 140 Å². The number of nitrogens with zero attached hydrogens (tertiary/aromatic N) is 1. The van der Waals surface area contributed by atoms with Crippen molar-refractivity contribution >= 4 is 35.1 Å². The molecule has 0 amide bonds. The van der Waals surface area contributed by atoms with Gasteiger partial charge in [-0.05, 0) is 30.4 Å². The number of para-hydroxylation sites is 1. The van der Waals surface area contributed by atoms with E-state index in [2.05, 4.69) is 15.8 Å². The summed E-state index contributed by atoms with van der Waals surface area (Å²) in [5.41, 5.74) is 4.49. The fraction of sp³-hybridized carbons (Fsp3) is 0.125. The number of hydrogen-bond donors (Lipinski definition) is 2. The van der Waals surface area contributed by atoms with Crippen molar-refractivity contribution in [2.24, 2.45) is 5.10 Å². The Morgan fingerprint density at radius 3 is 2.73 bits per heavy atom. The van der Waals surface area contributed by atoms with Crippen molar-refractivity contribution in [3.8, 4) is 5.75 Å². The molecule has 0 atom stereocenters. The standard InChI is InChI=1S/C16H16ClN3OS/c1-18-16(22)20-19-10-12-6-3-5-9-15(12)21-11-13-7-2-4-8-14(13)17/h2-10H,11H2,1H3,(H2,18,20,22). The lowest BCUT2D eigenvalue weighted by molar-refractivity contribution is 0.306. The fourth-order valence-corrected chi connectivity index (χ4v) is 1.95. The molecule has 114 valence electrons. The van der Waals surface area contributed by atoms with Crippen molar-refractivity contribution < 1.29 is 4.74 Å². The van der Waals surface area contributed by atoms with Crippen molar-refractivity contribution in [3.63, 3.8) is 0 Å². The highest BCUT2D eigenvalue weighted by atomic mass is 35.5. The molecular formula is C16H16ClN3OS. The number of nitrogens with one attached hydrogen (secondary N) is 2. The summed E-state index contributed by atoms with van der Waals surface area (Å²) in [7, 11) is 1.73. The molecular weight excluding hydrogens is 318 g/mol.